The molecule has 0 radical (unpaired) electrons. The summed E-state index contributed by atoms with van der Waals surface area (Å²) in [4.78, 5) is 13.8. The van der Waals surface area contributed by atoms with Crippen molar-refractivity contribution in [2.75, 3.05) is 18.0 Å². The molecule has 1 aromatic rings. The first-order chi connectivity index (χ1) is 8.33. The zero-order chi connectivity index (χ0) is 13.8. The van der Waals surface area contributed by atoms with Gasteiger partial charge >= 0.3 is 0 Å². The minimum absolute atomic E-state index is 0.00183. The van der Waals surface area contributed by atoms with Gasteiger partial charge in [0.2, 0.25) is 5.91 Å². The van der Waals surface area contributed by atoms with Gasteiger partial charge in [-0.1, -0.05) is 6.07 Å². The maximum absolute atomic E-state index is 12.1. The number of anilines is 1. The number of aromatic hydroxyl groups is 1. The van der Waals surface area contributed by atoms with Crippen LogP contribution in [0.5, 0.6) is 5.75 Å². The Kier molecular flexibility index (Phi) is 4.73. The summed E-state index contributed by atoms with van der Waals surface area (Å²) in [6.45, 7) is 8.83. The molecule has 0 aliphatic rings. The summed E-state index contributed by atoms with van der Waals surface area (Å²) >= 11 is 0. The third kappa shape index (κ3) is 4.37. The number of likely N-dealkylation sites (N-methyl/N-ethyl adjacent to an activating group) is 1. The second-order valence-electron chi connectivity index (χ2n) is 5.26. The Morgan fingerprint density at radius 3 is 2.56 bits per heavy atom. The number of carbonyl (C=O) groups is 1. The zero-order valence-electron chi connectivity index (χ0n) is 11.5. The Morgan fingerprint density at radius 1 is 1.39 bits per heavy atom. The molecule has 4 heteroatoms. The second-order valence-corrected chi connectivity index (χ2v) is 5.26. The SMILES string of the molecule is CCN(C(=O)CNC(C)(C)C)c1cccc(O)c1. The molecule has 0 aliphatic heterocycles. The molecule has 0 heterocycles. The number of hydrogen-bond donors (Lipinski definition) is 2. The molecule has 2 N–H and O–H groups in total. The van der Waals surface area contributed by atoms with Crippen LogP contribution in [0.2, 0.25) is 0 Å². The molecule has 1 amide bonds. The van der Waals surface area contributed by atoms with Crippen LogP contribution in [0.15, 0.2) is 24.3 Å². The highest BCUT2D eigenvalue weighted by molar-refractivity contribution is 5.94. The van der Waals surface area contributed by atoms with Crippen molar-refractivity contribution in [2.24, 2.45) is 0 Å². The minimum Gasteiger partial charge on any atom is -0.508 e. The molecule has 4 nitrogen and oxygen atoms in total. The van der Waals surface area contributed by atoms with Crippen LogP contribution in [0.25, 0.3) is 0 Å². The average Bonchev–Trinajstić information content (AvgIpc) is 2.26. The Morgan fingerprint density at radius 2 is 2.06 bits per heavy atom. The van der Waals surface area contributed by atoms with E-state index in [0.29, 0.717) is 6.54 Å². The summed E-state index contributed by atoms with van der Waals surface area (Å²) in [6.07, 6.45) is 0. The van der Waals surface area contributed by atoms with E-state index < -0.39 is 0 Å². The van der Waals surface area contributed by atoms with Gasteiger partial charge in [-0.05, 0) is 39.8 Å². The molecular formula is C14H22N2O2. The maximum Gasteiger partial charge on any atom is 0.240 e. The van der Waals surface area contributed by atoms with Crippen molar-refractivity contribution in [3.63, 3.8) is 0 Å². The van der Waals surface area contributed by atoms with Crippen LogP contribution in [0.4, 0.5) is 5.69 Å². The van der Waals surface area contributed by atoms with Crippen molar-refractivity contribution < 1.29 is 9.90 Å². The van der Waals surface area contributed by atoms with Gasteiger partial charge in [-0.2, -0.15) is 0 Å². The first-order valence-corrected chi connectivity index (χ1v) is 6.18. The van der Waals surface area contributed by atoms with E-state index in [1.807, 2.05) is 33.8 Å². The van der Waals surface area contributed by atoms with Gasteiger partial charge in [0.15, 0.2) is 0 Å². The van der Waals surface area contributed by atoms with Crippen molar-refractivity contribution in [1.82, 2.24) is 5.32 Å². The van der Waals surface area contributed by atoms with E-state index >= 15 is 0 Å². The normalized spacial score (nSPS) is 11.3. The van der Waals surface area contributed by atoms with Crippen LogP contribution >= 0.6 is 0 Å². The first kappa shape index (κ1) is 14.5. The number of hydrogen-bond acceptors (Lipinski definition) is 3. The highest BCUT2D eigenvalue weighted by Gasteiger charge is 2.17. The number of amides is 1. The quantitative estimate of drug-likeness (QED) is 0.860. The number of benzene rings is 1. The van der Waals surface area contributed by atoms with E-state index in [1.165, 1.54) is 0 Å². The van der Waals surface area contributed by atoms with E-state index in [0.717, 1.165) is 5.69 Å². The topological polar surface area (TPSA) is 52.6 Å². The van der Waals surface area contributed by atoms with Gasteiger partial charge in [-0.15, -0.1) is 0 Å². The van der Waals surface area contributed by atoms with Gasteiger partial charge in [-0.3, -0.25) is 4.79 Å². The van der Waals surface area contributed by atoms with Crippen LogP contribution < -0.4 is 10.2 Å². The molecule has 0 saturated heterocycles. The largest absolute Gasteiger partial charge is 0.508 e. The Labute approximate surface area is 109 Å². The molecule has 0 unspecified atom stereocenters. The molecule has 1 rings (SSSR count). The molecule has 0 bridgehead atoms. The van der Waals surface area contributed by atoms with Crippen LogP contribution in [-0.4, -0.2) is 29.6 Å². The third-order valence-electron chi connectivity index (χ3n) is 2.53. The maximum atomic E-state index is 12.1. The van der Waals surface area contributed by atoms with Gasteiger partial charge in [0, 0.05) is 23.8 Å². The van der Waals surface area contributed by atoms with Crippen LogP contribution in [0, 0.1) is 0 Å². The van der Waals surface area contributed by atoms with Crippen LogP contribution in [-0.2, 0) is 4.79 Å². The lowest BCUT2D eigenvalue weighted by molar-refractivity contribution is -0.118. The Balaban J connectivity index is 2.75. The highest BCUT2D eigenvalue weighted by Crippen LogP contribution is 2.19. The fraction of sp³-hybridized carbons (Fsp3) is 0.500. The number of phenols is 1. The van der Waals surface area contributed by atoms with E-state index in [4.69, 9.17) is 0 Å². The van der Waals surface area contributed by atoms with Crippen molar-refractivity contribution >= 4 is 11.6 Å². The summed E-state index contributed by atoms with van der Waals surface area (Å²) in [6, 6.07) is 6.74. The molecular weight excluding hydrogens is 228 g/mol. The number of carbonyl (C=O) groups excluding carboxylic acids is 1. The predicted molar refractivity (Wildman–Crippen MR) is 73.9 cm³/mol. The lowest BCUT2D eigenvalue weighted by atomic mass is 10.1. The Bertz CT molecular complexity index is 411. The van der Waals surface area contributed by atoms with Crippen LogP contribution in [0.1, 0.15) is 27.7 Å². The van der Waals surface area contributed by atoms with Gasteiger partial charge in [0.25, 0.3) is 0 Å². The summed E-state index contributed by atoms with van der Waals surface area (Å²) in [5, 5.41) is 12.6. The fourth-order valence-electron chi connectivity index (χ4n) is 1.60. The van der Waals surface area contributed by atoms with E-state index in [-0.39, 0.29) is 23.7 Å². The summed E-state index contributed by atoms with van der Waals surface area (Å²) in [7, 11) is 0. The van der Waals surface area contributed by atoms with Crippen molar-refractivity contribution in [2.45, 2.75) is 33.2 Å². The molecule has 100 valence electrons. The Hall–Kier alpha value is -1.55. The third-order valence-corrected chi connectivity index (χ3v) is 2.53. The molecule has 0 spiro atoms. The fourth-order valence-corrected chi connectivity index (χ4v) is 1.60. The van der Waals surface area contributed by atoms with Gasteiger partial charge < -0.3 is 15.3 Å². The molecule has 1 aromatic carbocycles. The summed E-state index contributed by atoms with van der Waals surface area (Å²) < 4.78 is 0. The van der Waals surface area contributed by atoms with Gasteiger partial charge in [0.1, 0.15) is 5.75 Å². The number of nitrogens with zero attached hydrogens (tertiary/aromatic N) is 1. The molecule has 0 saturated carbocycles. The van der Waals surface area contributed by atoms with E-state index in [9.17, 15) is 9.90 Å². The smallest absolute Gasteiger partial charge is 0.240 e. The number of rotatable bonds is 4. The molecule has 0 atom stereocenters. The number of nitrogens with one attached hydrogen (secondary N) is 1. The van der Waals surface area contributed by atoms with Gasteiger partial charge in [-0.25, -0.2) is 0 Å². The van der Waals surface area contributed by atoms with Crippen molar-refractivity contribution in [3.8, 4) is 5.75 Å². The van der Waals surface area contributed by atoms with E-state index in [1.54, 1.807) is 23.1 Å². The first-order valence-electron chi connectivity index (χ1n) is 6.18. The lowest BCUT2D eigenvalue weighted by Gasteiger charge is -2.25. The number of phenolic OH excluding ortho intramolecular Hbond substituents is 1. The molecule has 0 aromatic heterocycles. The molecule has 18 heavy (non-hydrogen) atoms. The van der Waals surface area contributed by atoms with Crippen LogP contribution in [0.3, 0.4) is 0 Å². The molecule has 0 fully saturated rings. The van der Waals surface area contributed by atoms with Crippen molar-refractivity contribution in [3.05, 3.63) is 24.3 Å². The lowest BCUT2D eigenvalue weighted by Crippen LogP contribution is -2.45. The second kappa shape index (κ2) is 5.87. The summed E-state index contributed by atoms with van der Waals surface area (Å²) in [5.74, 6) is 0.167. The monoisotopic (exact) mass is 250 g/mol. The standard InChI is InChI=1S/C14H22N2O2/c1-5-16(11-7-6-8-12(17)9-11)13(18)10-15-14(2,3)4/h6-9,15,17H,5,10H2,1-4H3. The zero-order valence-corrected chi connectivity index (χ0v) is 11.5. The highest BCUT2D eigenvalue weighted by atomic mass is 16.3. The average molecular weight is 250 g/mol. The van der Waals surface area contributed by atoms with Gasteiger partial charge in [0.05, 0.1) is 6.54 Å². The van der Waals surface area contributed by atoms with Crippen molar-refractivity contribution in [1.29, 1.82) is 0 Å². The minimum atomic E-state index is -0.0894. The summed E-state index contributed by atoms with van der Waals surface area (Å²) in [5.41, 5.74) is 0.631. The molecule has 0 aliphatic carbocycles. The predicted octanol–water partition coefficient (Wildman–Crippen LogP) is 2.13. The van der Waals surface area contributed by atoms with E-state index in [2.05, 4.69) is 5.32 Å².